The molecule has 0 spiro atoms. The first-order valence-corrected chi connectivity index (χ1v) is 5.81. The van der Waals surface area contributed by atoms with Crippen molar-refractivity contribution in [1.29, 1.82) is 0 Å². The predicted molar refractivity (Wildman–Crippen MR) is 60.5 cm³/mol. The minimum Gasteiger partial charge on any atom is -0.343 e. The molecule has 0 aromatic carbocycles. The number of carbonyl (C=O) groups excluding carboxylic acids is 1. The smallest absolute Gasteiger partial charge is 0.227 e. The molecule has 0 fully saturated rings. The van der Waals surface area contributed by atoms with Crippen LogP contribution >= 0.6 is 11.3 Å². The molecular weight excluding hydrogens is 194 g/mol. The van der Waals surface area contributed by atoms with Crippen LogP contribution in [0.4, 0.5) is 0 Å². The quantitative estimate of drug-likeness (QED) is 0.749. The molecule has 1 aromatic heterocycles. The van der Waals surface area contributed by atoms with Crippen molar-refractivity contribution in [1.82, 2.24) is 4.90 Å². The van der Waals surface area contributed by atoms with Gasteiger partial charge in [-0.25, -0.2) is 0 Å². The van der Waals surface area contributed by atoms with Gasteiger partial charge in [0.2, 0.25) is 5.91 Å². The summed E-state index contributed by atoms with van der Waals surface area (Å²) < 4.78 is 0. The van der Waals surface area contributed by atoms with Gasteiger partial charge in [-0.2, -0.15) is 0 Å². The Kier molecular flexibility index (Phi) is 4.14. The van der Waals surface area contributed by atoms with Gasteiger partial charge in [0.1, 0.15) is 0 Å². The summed E-state index contributed by atoms with van der Waals surface area (Å²) in [6.45, 7) is 4.17. The largest absolute Gasteiger partial charge is 0.343 e. The van der Waals surface area contributed by atoms with Gasteiger partial charge in [0.05, 0.1) is 6.42 Å². The van der Waals surface area contributed by atoms with Gasteiger partial charge in [0.15, 0.2) is 0 Å². The zero-order chi connectivity index (χ0) is 10.6. The number of hydrogen-bond acceptors (Lipinski definition) is 2. The minimum atomic E-state index is 0.210. The van der Waals surface area contributed by atoms with Crippen molar-refractivity contribution in [2.24, 2.45) is 0 Å². The van der Waals surface area contributed by atoms with Crippen LogP contribution in [0.3, 0.4) is 0 Å². The molecule has 0 bridgehead atoms. The van der Waals surface area contributed by atoms with Crippen LogP contribution in [0, 0.1) is 0 Å². The molecular formula is C11H17NOS. The van der Waals surface area contributed by atoms with Gasteiger partial charge in [-0.05, 0) is 24.8 Å². The van der Waals surface area contributed by atoms with E-state index in [2.05, 4.69) is 13.8 Å². The summed E-state index contributed by atoms with van der Waals surface area (Å²) in [6.07, 6.45) is 1.55. The van der Waals surface area contributed by atoms with E-state index in [1.165, 1.54) is 0 Å². The van der Waals surface area contributed by atoms with E-state index in [1.54, 1.807) is 11.3 Å². The summed E-state index contributed by atoms with van der Waals surface area (Å²) >= 11 is 1.64. The van der Waals surface area contributed by atoms with Gasteiger partial charge < -0.3 is 4.90 Å². The Hall–Kier alpha value is -0.830. The number of carbonyl (C=O) groups is 1. The molecule has 1 unspecified atom stereocenters. The standard InChI is InChI=1S/C11H17NOS/c1-4-9(2)12(3)11(13)8-10-6-5-7-14-10/h5-7,9H,4,8H2,1-3H3. The average Bonchev–Trinajstić information content (AvgIpc) is 2.68. The molecule has 1 amide bonds. The fraction of sp³-hybridized carbons (Fsp3) is 0.545. The highest BCUT2D eigenvalue weighted by atomic mass is 32.1. The lowest BCUT2D eigenvalue weighted by Crippen LogP contribution is -2.35. The molecule has 0 saturated heterocycles. The van der Waals surface area contributed by atoms with E-state index < -0.39 is 0 Å². The molecule has 0 radical (unpaired) electrons. The molecule has 0 aliphatic heterocycles. The third-order valence-electron chi connectivity index (χ3n) is 2.55. The summed E-state index contributed by atoms with van der Waals surface area (Å²) in [6, 6.07) is 4.33. The lowest BCUT2D eigenvalue weighted by atomic mass is 10.2. The monoisotopic (exact) mass is 211 g/mol. The van der Waals surface area contributed by atoms with Crippen molar-refractivity contribution in [3.8, 4) is 0 Å². The van der Waals surface area contributed by atoms with Gasteiger partial charge in [0.25, 0.3) is 0 Å². The van der Waals surface area contributed by atoms with Crippen molar-refractivity contribution in [3.63, 3.8) is 0 Å². The highest BCUT2D eigenvalue weighted by molar-refractivity contribution is 7.10. The van der Waals surface area contributed by atoms with Gasteiger partial charge in [-0.15, -0.1) is 11.3 Å². The molecule has 0 N–H and O–H groups in total. The maximum Gasteiger partial charge on any atom is 0.227 e. The molecule has 0 saturated carbocycles. The summed E-state index contributed by atoms with van der Waals surface area (Å²) in [7, 11) is 1.88. The van der Waals surface area contributed by atoms with Crippen LogP contribution in [0.25, 0.3) is 0 Å². The maximum absolute atomic E-state index is 11.7. The summed E-state index contributed by atoms with van der Waals surface area (Å²) in [4.78, 5) is 14.7. The van der Waals surface area contributed by atoms with E-state index in [0.717, 1.165) is 11.3 Å². The van der Waals surface area contributed by atoms with E-state index in [1.807, 2.05) is 29.5 Å². The molecule has 0 aliphatic carbocycles. The van der Waals surface area contributed by atoms with Crippen molar-refractivity contribution in [2.45, 2.75) is 32.7 Å². The maximum atomic E-state index is 11.7. The second-order valence-electron chi connectivity index (χ2n) is 3.52. The lowest BCUT2D eigenvalue weighted by molar-refractivity contribution is -0.130. The first kappa shape index (κ1) is 11.2. The molecule has 1 atom stereocenters. The van der Waals surface area contributed by atoms with Crippen LogP contribution in [-0.4, -0.2) is 23.9 Å². The van der Waals surface area contributed by atoms with Crippen LogP contribution in [0.1, 0.15) is 25.1 Å². The fourth-order valence-electron chi connectivity index (χ4n) is 1.21. The molecule has 14 heavy (non-hydrogen) atoms. The zero-order valence-electron chi connectivity index (χ0n) is 8.99. The van der Waals surface area contributed by atoms with Gasteiger partial charge >= 0.3 is 0 Å². The van der Waals surface area contributed by atoms with Crippen LogP contribution < -0.4 is 0 Å². The fourth-order valence-corrected chi connectivity index (χ4v) is 1.90. The zero-order valence-corrected chi connectivity index (χ0v) is 9.80. The highest BCUT2D eigenvalue weighted by Crippen LogP contribution is 2.11. The minimum absolute atomic E-state index is 0.210. The van der Waals surface area contributed by atoms with E-state index in [-0.39, 0.29) is 5.91 Å². The molecule has 1 aromatic rings. The number of rotatable bonds is 4. The van der Waals surface area contributed by atoms with E-state index in [4.69, 9.17) is 0 Å². The second-order valence-corrected chi connectivity index (χ2v) is 4.55. The van der Waals surface area contributed by atoms with Crippen LogP contribution in [0.5, 0.6) is 0 Å². The molecule has 78 valence electrons. The SMILES string of the molecule is CCC(C)N(C)C(=O)Cc1cccs1. The van der Waals surface area contributed by atoms with Crippen molar-refractivity contribution in [2.75, 3.05) is 7.05 Å². The van der Waals surface area contributed by atoms with E-state index in [0.29, 0.717) is 12.5 Å². The molecule has 0 aliphatic rings. The number of nitrogens with zero attached hydrogens (tertiary/aromatic N) is 1. The van der Waals surface area contributed by atoms with Crippen molar-refractivity contribution in [3.05, 3.63) is 22.4 Å². The Bertz CT molecular complexity index is 281. The number of likely N-dealkylation sites (N-methyl/N-ethyl adjacent to an activating group) is 1. The number of hydrogen-bond donors (Lipinski definition) is 0. The van der Waals surface area contributed by atoms with Crippen molar-refractivity contribution < 1.29 is 4.79 Å². The predicted octanol–water partition coefficient (Wildman–Crippen LogP) is 2.55. The molecule has 3 heteroatoms. The van der Waals surface area contributed by atoms with E-state index in [9.17, 15) is 4.79 Å². The first-order chi connectivity index (χ1) is 6.65. The Morgan fingerprint density at radius 2 is 2.36 bits per heavy atom. The Labute approximate surface area is 89.5 Å². The molecule has 1 rings (SSSR count). The van der Waals surface area contributed by atoms with Crippen molar-refractivity contribution >= 4 is 17.2 Å². The molecule has 1 heterocycles. The number of amides is 1. The van der Waals surface area contributed by atoms with Gasteiger partial charge in [-0.1, -0.05) is 13.0 Å². The summed E-state index contributed by atoms with van der Waals surface area (Å²) in [5.41, 5.74) is 0. The third kappa shape index (κ3) is 2.84. The lowest BCUT2D eigenvalue weighted by Gasteiger charge is -2.23. The van der Waals surface area contributed by atoms with Crippen LogP contribution in [-0.2, 0) is 11.2 Å². The van der Waals surface area contributed by atoms with Gasteiger partial charge in [0, 0.05) is 18.0 Å². The Morgan fingerprint density at radius 1 is 1.64 bits per heavy atom. The highest BCUT2D eigenvalue weighted by Gasteiger charge is 2.14. The second kappa shape index (κ2) is 5.15. The third-order valence-corrected chi connectivity index (χ3v) is 3.43. The Balaban J connectivity index is 2.50. The first-order valence-electron chi connectivity index (χ1n) is 4.93. The number of thiophene rings is 1. The van der Waals surface area contributed by atoms with Crippen LogP contribution in [0.15, 0.2) is 17.5 Å². The summed E-state index contributed by atoms with van der Waals surface area (Å²) in [5, 5.41) is 2.01. The van der Waals surface area contributed by atoms with Crippen LogP contribution in [0.2, 0.25) is 0 Å². The molecule has 2 nitrogen and oxygen atoms in total. The average molecular weight is 211 g/mol. The summed E-state index contributed by atoms with van der Waals surface area (Å²) in [5.74, 6) is 0.210. The Morgan fingerprint density at radius 3 is 2.86 bits per heavy atom. The normalized spacial score (nSPS) is 12.5. The van der Waals surface area contributed by atoms with Gasteiger partial charge in [-0.3, -0.25) is 4.79 Å². The van der Waals surface area contributed by atoms with E-state index >= 15 is 0 Å². The topological polar surface area (TPSA) is 20.3 Å².